The van der Waals surface area contributed by atoms with Gasteiger partial charge in [-0.05, 0) is 44.9 Å². The molecule has 30 heavy (non-hydrogen) atoms. The average molecular weight is 404 g/mol. The summed E-state index contributed by atoms with van der Waals surface area (Å²) < 4.78 is 0. The molecule has 1 aromatic rings. The molecular formula is C27H42LiNO. The minimum atomic E-state index is -0.204. The molecule has 1 aliphatic carbocycles. The van der Waals surface area contributed by atoms with Gasteiger partial charge in [0.15, 0.2) is 0 Å². The number of aliphatic hydroxyl groups is 1. The fraction of sp³-hybridized carbons (Fsp3) is 0.593. The SMILES string of the molecule is CN=C1CC(C(C)(C)C)=C(c2c(C(C)C)cccc2C(C)C)C(C(C)(C)C)=C1O.[LiH]. The molecule has 0 bridgehead atoms. The Bertz CT molecular complexity index is 845. The predicted molar refractivity (Wildman–Crippen MR) is 135 cm³/mol. The van der Waals surface area contributed by atoms with Crippen LogP contribution >= 0.6 is 0 Å². The van der Waals surface area contributed by atoms with Gasteiger partial charge in [0.2, 0.25) is 0 Å². The summed E-state index contributed by atoms with van der Waals surface area (Å²) in [5.41, 5.74) is 8.28. The van der Waals surface area contributed by atoms with Crippen molar-refractivity contribution in [3.8, 4) is 0 Å². The second-order valence-corrected chi connectivity index (χ2v) is 11.0. The molecule has 0 aromatic heterocycles. The van der Waals surface area contributed by atoms with Gasteiger partial charge >= 0.3 is 18.9 Å². The summed E-state index contributed by atoms with van der Waals surface area (Å²) in [4.78, 5) is 4.47. The van der Waals surface area contributed by atoms with Crippen molar-refractivity contribution in [1.82, 2.24) is 0 Å². The van der Waals surface area contributed by atoms with Gasteiger partial charge in [0.05, 0.1) is 5.71 Å². The van der Waals surface area contributed by atoms with E-state index in [0.29, 0.717) is 24.0 Å². The Morgan fingerprint density at radius 2 is 1.33 bits per heavy atom. The van der Waals surface area contributed by atoms with E-state index in [0.717, 1.165) is 11.3 Å². The van der Waals surface area contributed by atoms with Gasteiger partial charge in [0.25, 0.3) is 0 Å². The van der Waals surface area contributed by atoms with Crippen molar-refractivity contribution in [3.63, 3.8) is 0 Å². The molecule has 0 saturated carbocycles. The van der Waals surface area contributed by atoms with Gasteiger partial charge in [-0.1, -0.05) is 93.0 Å². The van der Waals surface area contributed by atoms with Crippen molar-refractivity contribution in [2.75, 3.05) is 7.05 Å². The summed E-state index contributed by atoms with van der Waals surface area (Å²) in [5.74, 6) is 1.18. The maximum atomic E-state index is 11.4. The van der Waals surface area contributed by atoms with E-state index in [9.17, 15) is 5.11 Å². The summed E-state index contributed by atoms with van der Waals surface area (Å²) in [7, 11) is 1.79. The Morgan fingerprint density at radius 1 is 0.867 bits per heavy atom. The van der Waals surface area contributed by atoms with Gasteiger partial charge in [-0.2, -0.15) is 0 Å². The molecule has 0 aliphatic heterocycles. The molecule has 0 atom stereocenters. The van der Waals surface area contributed by atoms with E-state index in [-0.39, 0.29) is 29.7 Å². The first-order valence-electron chi connectivity index (χ1n) is 11.0. The minimum absolute atomic E-state index is 0. The van der Waals surface area contributed by atoms with Gasteiger partial charge in [-0.3, -0.25) is 4.99 Å². The van der Waals surface area contributed by atoms with E-state index >= 15 is 0 Å². The molecule has 0 amide bonds. The monoisotopic (exact) mass is 403 g/mol. The molecule has 0 heterocycles. The number of allylic oxidation sites excluding steroid dienone is 4. The quantitative estimate of drug-likeness (QED) is 0.523. The molecule has 1 N–H and O–H groups in total. The van der Waals surface area contributed by atoms with Crippen LogP contribution < -0.4 is 0 Å². The molecule has 0 spiro atoms. The topological polar surface area (TPSA) is 32.6 Å². The molecule has 1 aromatic carbocycles. The Hall–Kier alpha value is -1.23. The van der Waals surface area contributed by atoms with Crippen LogP contribution in [0.4, 0.5) is 0 Å². The molecule has 162 valence electrons. The van der Waals surface area contributed by atoms with Crippen molar-refractivity contribution in [2.45, 2.75) is 87.5 Å². The average Bonchev–Trinajstić information content (AvgIpc) is 2.58. The van der Waals surface area contributed by atoms with E-state index < -0.39 is 0 Å². The third kappa shape index (κ3) is 5.15. The zero-order chi connectivity index (χ0) is 22.3. The Morgan fingerprint density at radius 3 is 1.67 bits per heavy atom. The summed E-state index contributed by atoms with van der Waals surface area (Å²) in [6.45, 7) is 22.5. The van der Waals surface area contributed by atoms with E-state index in [1.807, 2.05) is 0 Å². The van der Waals surface area contributed by atoms with E-state index in [1.54, 1.807) is 7.05 Å². The number of benzene rings is 1. The molecular weight excluding hydrogens is 361 g/mol. The third-order valence-electron chi connectivity index (χ3n) is 5.95. The van der Waals surface area contributed by atoms with Crippen LogP contribution in [-0.4, -0.2) is 36.7 Å². The first kappa shape index (κ1) is 26.8. The normalized spacial score (nSPS) is 17.3. The van der Waals surface area contributed by atoms with Crippen molar-refractivity contribution in [2.24, 2.45) is 15.8 Å². The van der Waals surface area contributed by atoms with Gasteiger partial charge < -0.3 is 5.11 Å². The number of aliphatic imine (C=N–C) groups is 1. The summed E-state index contributed by atoms with van der Waals surface area (Å²) >= 11 is 0. The second-order valence-electron chi connectivity index (χ2n) is 11.0. The molecule has 2 nitrogen and oxygen atoms in total. The van der Waals surface area contributed by atoms with Crippen LogP contribution in [0, 0.1) is 10.8 Å². The molecule has 0 unspecified atom stereocenters. The maximum absolute atomic E-state index is 11.4. The second kappa shape index (κ2) is 9.50. The van der Waals surface area contributed by atoms with Gasteiger partial charge in [0, 0.05) is 19.0 Å². The van der Waals surface area contributed by atoms with Crippen LogP contribution in [0.2, 0.25) is 0 Å². The standard InChI is InChI=1S/C27H41NO.Li.H/c1-16(2)18-13-12-14-19(17(3)4)22(18)23-20(26(5,6)7)15-21(28-11)25(29)24(23)27(8,9)10;;/h12-14,16-17,29H,15H2,1-11H3;;. The Balaban J connectivity index is 0.00000450. The van der Waals surface area contributed by atoms with Gasteiger partial charge in [-0.25, -0.2) is 0 Å². The predicted octanol–water partition coefficient (Wildman–Crippen LogP) is 7.42. The molecule has 3 heteroatoms. The molecule has 0 saturated heterocycles. The van der Waals surface area contributed by atoms with Crippen LogP contribution in [0.25, 0.3) is 5.57 Å². The zero-order valence-electron chi connectivity index (χ0n) is 20.5. The summed E-state index contributed by atoms with van der Waals surface area (Å²) in [6, 6.07) is 6.72. The summed E-state index contributed by atoms with van der Waals surface area (Å²) in [6.07, 6.45) is 0.699. The van der Waals surface area contributed by atoms with E-state index in [1.165, 1.54) is 27.8 Å². The van der Waals surface area contributed by atoms with Crippen LogP contribution in [0.15, 0.2) is 40.1 Å². The number of aliphatic hydroxyl groups excluding tert-OH is 1. The van der Waals surface area contributed by atoms with Crippen LogP contribution in [0.1, 0.15) is 104 Å². The van der Waals surface area contributed by atoms with Crippen molar-refractivity contribution < 1.29 is 5.11 Å². The molecule has 0 fully saturated rings. The van der Waals surface area contributed by atoms with Gasteiger partial charge in [-0.15, -0.1) is 0 Å². The fourth-order valence-electron chi connectivity index (χ4n) is 4.42. The first-order valence-corrected chi connectivity index (χ1v) is 11.0. The number of rotatable bonds is 3. The molecule has 2 rings (SSSR count). The van der Waals surface area contributed by atoms with Gasteiger partial charge in [0.1, 0.15) is 5.76 Å². The van der Waals surface area contributed by atoms with Crippen molar-refractivity contribution >= 4 is 30.1 Å². The van der Waals surface area contributed by atoms with Crippen LogP contribution in [0.5, 0.6) is 0 Å². The number of nitrogens with zero attached hydrogens (tertiary/aromatic N) is 1. The van der Waals surface area contributed by atoms with Crippen molar-refractivity contribution in [1.29, 1.82) is 0 Å². The third-order valence-corrected chi connectivity index (χ3v) is 5.95. The summed E-state index contributed by atoms with van der Waals surface area (Å²) in [5, 5.41) is 11.4. The first-order chi connectivity index (χ1) is 13.2. The Kier molecular flexibility index (Phi) is 8.49. The zero-order valence-corrected chi connectivity index (χ0v) is 20.5. The van der Waals surface area contributed by atoms with E-state index in [4.69, 9.17) is 0 Å². The molecule has 1 aliphatic rings. The Labute approximate surface area is 197 Å². The fourth-order valence-corrected chi connectivity index (χ4v) is 4.42. The number of hydrogen-bond donors (Lipinski definition) is 1. The van der Waals surface area contributed by atoms with Crippen LogP contribution in [-0.2, 0) is 0 Å². The van der Waals surface area contributed by atoms with Crippen molar-refractivity contribution in [3.05, 3.63) is 51.8 Å². The van der Waals surface area contributed by atoms with E-state index in [2.05, 4.69) is 92.4 Å². The number of hydrogen-bond acceptors (Lipinski definition) is 2. The van der Waals surface area contributed by atoms with Crippen LogP contribution in [0.3, 0.4) is 0 Å². The molecule has 0 radical (unpaired) electrons.